The number of alkyl halides is 3. The summed E-state index contributed by atoms with van der Waals surface area (Å²) in [6, 6.07) is 10.8. The van der Waals surface area contributed by atoms with Gasteiger partial charge in [-0.1, -0.05) is 48.0 Å². The second-order valence-corrected chi connectivity index (χ2v) is 5.80. The van der Waals surface area contributed by atoms with E-state index in [9.17, 15) is 22.8 Å². The molecule has 2 rings (SSSR count). The van der Waals surface area contributed by atoms with Crippen LogP contribution in [0.2, 0.25) is 5.02 Å². The molecule has 0 aromatic heterocycles. The van der Waals surface area contributed by atoms with Crippen molar-refractivity contribution in [3.63, 3.8) is 0 Å². The van der Waals surface area contributed by atoms with Crippen molar-refractivity contribution in [2.45, 2.75) is 18.8 Å². The first-order valence-corrected chi connectivity index (χ1v) is 7.80. The van der Waals surface area contributed by atoms with Gasteiger partial charge in [0.15, 0.2) is 0 Å². The summed E-state index contributed by atoms with van der Waals surface area (Å²) >= 11 is 5.89. The summed E-state index contributed by atoms with van der Waals surface area (Å²) < 4.78 is 37.7. The predicted octanol–water partition coefficient (Wildman–Crippen LogP) is 2.96. The first-order valence-electron chi connectivity index (χ1n) is 7.42. The van der Waals surface area contributed by atoms with Crippen molar-refractivity contribution in [3.05, 3.63) is 64.7 Å². The van der Waals surface area contributed by atoms with Gasteiger partial charge in [-0.05, 0) is 23.3 Å². The van der Waals surface area contributed by atoms with Gasteiger partial charge in [-0.15, -0.1) is 0 Å². The highest BCUT2D eigenvalue weighted by Crippen LogP contribution is 2.21. The number of carbonyl (C=O) groups excluding carboxylic acids is 2. The van der Waals surface area contributed by atoms with Gasteiger partial charge in [0.25, 0.3) is 0 Å². The van der Waals surface area contributed by atoms with Gasteiger partial charge in [-0.3, -0.25) is 9.59 Å². The fourth-order valence-electron chi connectivity index (χ4n) is 2.13. The molecule has 0 fully saturated rings. The minimum Gasteiger partial charge on any atom is -0.398 e. The number of nitrogen functional groups attached to an aromatic ring is 1. The smallest absolute Gasteiger partial charge is 0.398 e. The number of halogens is 4. The summed E-state index contributed by atoms with van der Waals surface area (Å²) in [6.07, 6.45) is -5.10. The van der Waals surface area contributed by atoms with E-state index in [1.165, 1.54) is 18.2 Å². The molecule has 4 N–H and O–H groups in total. The molecule has 0 aliphatic rings. The molecule has 1 unspecified atom stereocenters. The summed E-state index contributed by atoms with van der Waals surface area (Å²) in [5, 5.41) is 4.48. The zero-order valence-corrected chi connectivity index (χ0v) is 14.1. The fourth-order valence-corrected chi connectivity index (χ4v) is 2.33. The van der Waals surface area contributed by atoms with E-state index in [1.807, 2.05) is 0 Å². The van der Waals surface area contributed by atoms with E-state index in [2.05, 4.69) is 5.32 Å². The normalized spacial score (nSPS) is 12.3. The van der Waals surface area contributed by atoms with Crippen LogP contribution in [0.4, 0.5) is 18.9 Å². The summed E-state index contributed by atoms with van der Waals surface area (Å²) in [6.45, 7) is 0.00402. The molecule has 0 saturated carbocycles. The molecule has 0 bridgehead atoms. The van der Waals surface area contributed by atoms with Crippen molar-refractivity contribution >= 4 is 29.1 Å². The van der Waals surface area contributed by atoms with Crippen LogP contribution in [0.25, 0.3) is 0 Å². The highest BCUT2D eigenvalue weighted by molar-refractivity contribution is 6.33. The van der Waals surface area contributed by atoms with Gasteiger partial charge in [-0.25, -0.2) is 0 Å². The molecule has 9 heteroatoms. The van der Waals surface area contributed by atoms with E-state index in [1.54, 1.807) is 35.6 Å². The molecule has 0 heterocycles. The average molecular weight is 386 g/mol. The van der Waals surface area contributed by atoms with Crippen LogP contribution >= 0.6 is 11.6 Å². The topological polar surface area (TPSA) is 84.2 Å². The Morgan fingerprint density at radius 3 is 2.35 bits per heavy atom. The molecule has 1 atom stereocenters. The molecule has 0 aliphatic carbocycles. The summed E-state index contributed by atoms with van der Waals surface area (Å²) in [7, 11) is 0. The predicted molar refractivity (Wildman–Crippen MR) is 91.1 cm³/mol. The molecule has 0 aliphatic heterocycles. The molecular formula is C17H15ClF3N3O2. The molecule has 26 heavy (non-hydrogen) atoms. The third kappa shape index (κ3) is 5.13. The van der Waals surface area contributed by atoms with E-state index < -0.39 is 24.0 Å². The van der Waals surface area contributed by atoms with E-state index in [-0.39, 0.29) is 12.1 Å². The van der Waals surface area contributed by atoms with Gasteiger partial charge in [0, 0.05) is 6.54 Å². The zero-order valence-electron chi connectivity index (χ0n) is 13.3. The lowest BCUT2D eigenvalue weighted by Crippen LogP contribution is -2.45. The standard InChI is InChI=1S/C17H15ClF3N3O2/c18-12-8-10(6-7-13(12)22)9-23-15(25)14(11-4-2-1-3-5-11)24-16(26)17(19,20)21/h1-8,14H,9,22H2,(H,23,25)(H,24,26). The Hall–Kier alpha value is -2.74. The molecule has 0 spiro atoms. The van der Waals surface area contributed by atoms with Gasteiger partial charge in [0.1, 0.15) is 6.04 Å². The number of benzene rings is 2. The lowest BCUT2D eigenvalue weighted by molar-refractivity contribution is -0.174. The Morgan fingerprint density at radius 2 is 1.77 bits per heavy atom. The van der Waals surface area contributed by atoms with Crippen molar-refractivity contribution in [1.82, 2.24) is 10.6 Å². The number of nitrogens with two attached hydrogens (primary N) is 1. The van der Waals surface area contributed by atoms with E-state index in [0.29, 0.717) is 16.3 Å². The SMILES string of the molecule is Nc1ccc(CNC(=O)C(NC(=O)C(F)(F)F)c2ccccc2)cc1Cl. The second-order valence-electron chi connectivity index (χ2n) is 5.39. The van der Waals surface area contributed by atoms with Crippen LogP contribution in [0.1, 0.15) is 17.2 Å². The maximum Gasteiger partial charge on any atom is 0.471 e. The van der Waals surface area contributed by atoms with Crippen LogP contribution in [-0.2, 0) is 16.1 Å². The quantitative estimate of drug-likeness (QED) is 0.692. The molecule has 2 amide bonds. The molecule has 0 saturated heterocycles. The van der Waals surface area contributed by atoms with Crippen LogP contribution in [-0.4, -0.2) is 18.0 Å². The van der Waals surface area contributed by atoms with E-state index >= 15 is 0 Å². The van der Waals surface area contributed by atoms with Gasteiger partial charge < -0.3 is 16.4 Å². The van der Waals surface area contributed by atoms with Crippen molar-refractivity contribution in [3.8, 4) is 0 Å². The van der Waals surface area contributed by atoms with Gasteiger partial charge in [0.05, 0.1) is 10.7 Å². The minimum atomic E-state index is -5.10. The molecule has 138 valence electrons. The minimum absolute atomic E-state index is 0.00402. The number of amides is 2. The van der Waals surface area contributed by atoms with Crippen molar-refractivity contribution < 1.29 is 22.8 Å². The third-order valence-electron chi connectivity index (χ3n) is 3.46. The maximum absolute atomic E-state index is 12.6. The molecular weight excluding hydrogens is 371 g/mol. The molecule has 0 radical (unpaired) electrons. The van der Waals surface area contributed by atoms with Crippen LogP contribution in [0.3, 0.4) is 0 Å². The van der Waals surface area contributed by atoms with Crippen LogP contribution < -0.4 is 16.4 Å². The summed E-state index contributed by atoms with van der Waals surface area (Å²) in [5.74, 6) is -2.99. The summed E-state index contributed by atoms with van der Waals surface area (Å²) in [5.41, 5.74) is 6.78. The first-order chi connectivity index (χ1) is 12.2. The Morgan fingerprint density at radius 1 is 1.12 bits per heavy atom. The number of anilines is 1. The highest BCUT2D eigenvalue weighted by atomic mass is 35.5. The number of carbonyl (C=O) groups is 2. The Balaban J connectivity index is 2.14. The zero-order chi connectivity index (χ0) is 19.3. The van der Waals surface area contributed by atoms with Crippen LogP contribution in [0, 0.1) is 0 Å². The Bertz CT molecular complexity index is 798. The van der Waals surface area contributed by atoms with Gasteiger partial charge in [-0.2, -0.15) is 13.2 Å². The number of hydrogen-bond acceptors (Lipinski definition) is 3. The number of hydrogen-bond donors (Lipinski definition) is 3. The first kappa shape index (κ1) is 19.6. The fraction of sp³-hybridized carbons (Fsp3) is 0.176. The average Bonchev–Trinajstić information content (AvgIpc) is 2.60. The lowest BCUT2D eigenvalue weighted by Gasteiger charge is -2.19. The van der Waals surface area contributed by atoms with Crippen molar-refractivity contribution in [1.29, 1.82) is 0 Å². The monoisotopic (exact) mass is 385 g/mol. The van der Waals surface area contributed by atoms with Crippen LogP contribution in [0.15, 0.2) is 48.5 Å². The number of nitrogens with one attached hydrogen (secondary N) is 2. The molecule has 2 aromatic carbocycles. The molecule has 5 nitrogen and oxygen atoms in total. The van der Waals surface area contributed by atoms with Gasteiger partial charge in [0.2, 0.25) is 5.91 Å². The highest BCUT2D eigenvalue weighted by Gasteiger charge is 2.41. The summed E-state index contributed by atoms with van der Waals surface area (Å²) in [4.78, 5) is 23.6. The van der Waals surface area contributed by atoms with Crippen LogP contribution in [0.5, 0.6) is 0 Å². The Labute approximate surface area is 152 Å². The van der Waals surface area contributed by atoms with Crippen molar-refractivity contribution in [2.75, 3.05) is 5.73 Å². The maximum atomic E-state index is 12.6. The van der Waals surface area contributed by atoms with E-state index in [4.69, 9.17) is 17.3 Å². The lowest BCUT2D eigenvalue weighted by atomic mass is 10.1. The third-order valence-corrected chi connectivity index (χ3v) is 3.79. The largest absolute Gasteiger partial charge is 0.471 e. The van der Waals surface area contributed by atoms with Gasteiger partial charge >= 0.3 is 12.1 Å². The Kier molecular flexibility index (Phi) is 6.10. The second kappa shape index (κ2) is 8.09. The molecule has 2 aromatic rings. The number of rotatable bonds is 5. The van der Waals surface area contributed by atoms with Crippen molar-refractivity contribution in [2.24, 2.45) is 0 Å². The van der Waals surface area contributed by atoms with E-state index in [0.717, 1.165) is 0 Å².